The van der Waals surface area contributed by atoms with Crippen LogP contribution >= 0.6 is 0 Å². The Kier molecular flexibility index (Phi) is 25.3. The van der Waals surface area contributed by atoms with Gasteiger partial charge in [-0.05, 0) is 37.7 Å². The van der Waals surface area contributed by atoms with Gasteiger partial charge in [-0.25, -0.2) is 4.98 Å². The van der Waals surface area contributed by atoms with E-state index in [4.69, 9.17) is 4.98 Å². The first kappa shape index (κ1) is 38.6. The Balaban J connectivity index is 1.61. The van der Waals surface area contributed by atoms with Crippen LogP contribution in [0.4, 0.5) is 0 Å². The second-order valence-corrected chi connectivity index (χ2v) is 13.9. The lowest BCUT2D eigenvalue weighted by atomic mass is 10.0. The average Bonchev–Trinajstić information content (AvgIpc) is 3.43. The first-order valence-corrected chi connectivity index (χ1v) is 19.9. The van der Waals surface area contributed by atoms with E-state index in [-0.39, 0.29) is 0 Å². The maximum Gasteiger partial charge on any atom is 0.108 e. The van der Waals surface area contributed by atoms with Crippen LogP contribution in [0, 0.1) is 0 Å². The standard InChI is InChI=1S/C42H74N2/c1-3-5-7-9-11-13-15-17-19-21-23-25-30-37-42-43-41(36-32-35-40-33-28-27-29-34-40)39-44(42)38-31-26-24-22-20-18-16-14-12-10-8-6-4-2/h27-29,33-34,39H,3-26,30-32,35-38H2,1-2H3. The number of aryl methyl sites for hydroxylation is 4. The van der Waals surface area contributed by atoms with Crippen molar-refractivity contribution in [3.05, 3.63) is 53.6 Å². The number of nitrogens with zero attached hydrogens (tertiary/aromatic N) is 2. The summed E-state index contributed by atoms with van der Waals surface area (Å²) >= 11 is 0. The largest absolute Gasteiger partial charge is 0.335 e. The first-order chi connectivity index (χ1) is 21.8. The summed E-state index contributed by atoms with van der Waals surface area (Å²) in [7, 11) is 0. The van der Waals surface area contributed by atoms with Crippen molar-refractivity contribution < 1.29 is 0 Å². The van der Waals surface area contributed by atoms with Crippen LogP contribution in [0.2, 0.25) is 0 Å². The van der Waals surface area contributed by atoms with E-state index in [0.29, 0.717) is 0 Å². The molecule has 0 spiro atoms. The SMILES string of the molecule is CCCCCCCCCCCCCCCc1nc(CCCc2ccccc2)cn1CCCCCCCCCCCCCCC. The van der Waals surface area contributed by atoms with Crippen LogP contribution in [0.25, 0.3) is 0 Å². The van der Waals surface area contributed by atoms with Gasteiger partial charge < -0.3 is 4.57 Å². The third-order valence-corrected chi connectivity index (χ3v) is 9.66. The van der Waals surface area contributed by atoms with Crippen molar-refractivity contribution >= 4 is 0 Å². The van der Waals surface area contributed by atoms with Crippen LogP contribution in [0.15, 0.2) is 36.5 Å². The molecule has 2 heteroatoms. The van der Waals surface area contributed by atoms with E-state index < -0.39 is 0 Å². The topological polar surface area (TPSA) is 17.8 Å². The van der Waals surface area contributed by atoms with Crippen molar-refractivity contribution in [2.24, 2.45) is 0 Å². The number of unbranched alkanes of at least 4 members (excludes halogenated alkanes) is 24. The lowest BCUT2D eigenvalue weighted by Gasteiger charge is -2.08. The zero-order chi connectivity index (χ0) is 31.2. The van der Waals surface area contributed by atoms with Gasteiger partial charge in [-0.1, -0.05) is 198 Å². The summed E-state index contributed by atoms with van der Waals surface area (Å²) in [5, 5.41) is 0. The molecule has 1 aromatic heterocycles. The van der Waals surface area contributed by atoms with Crippen molar-refractivity contribution in [2.45, 2.75) is 213 Å². The highest BCUT2D eigenvalue weighted by Crippen LogP contribution is 2.17. The van der Waals surface area contributed by atoms with E-state index in [9.17, 15) is 0 Å². The van der Waals surface area contributed by atoms with Gasteiger partial charge in [0.1, 0.15) is 5.82 Å². The Labute approximate surface area is 275 Å². The van der Waals surface area contributed by atoms with Gasteiger partial charge in [0.05, 0.1) is 5.69 Å². The number of hydrogen-bond acceptors (Lipinski definition) is 1. The molecular weight excluding hydrogens is 532 g/mol. The van der Waals surface area contributed by atoms with Crippen LogP contribution < -0.4 is 0 Å². The highest BCUT2D eigenvalue weighted by Gasteiger charge is 2.09. The van der Waals surface area contributed by atoms with E-state index in [1.54, 1.807) is 0 Å². The molecule has 44 heavy (non-hydrogen) atoms. The molecule has 2 rings (SSSR count). The van der Waals surface area contributed by atoms with Crippen molar-refractivity contribution in [2.75, 3.05) is 0 Å². The predicted octanol–water partition coefficient (Wildman–Crippen LogP) is 13.8. The number of rotatable bonds is 32. The minimum absolute atomic E-state index is 1.10. The molecule has 0 radical (unpaired) electrons. The third kappa shape index (κ3) is 21.2. The van der Waals surface area contributed by atoms with Crippen LogP contribution in [-0.4, -0.2) is 9.55 Å². The van der Waals surface area contributed by atoms with Crippen molar-refractivity contribution in [3.8, 4) is 0 Å². The second-order valence-electron chi connectivity index (χ2n) is 13.9. The molecule has 0 N–H and O–H groups in total. The quantitative estimate of drug-likeness (QED) is 0.0757. The summed E-state index contributed by atoms with van der Waals surface area (Å²) < 4.78 is 2.54. The number of aromatic nitrogens is 2. The van der Waals surface area contributed by atoms with Gasteiger partial charge in [0.25, 0.3) is 0 Å². The fraction of sp³-hybridized carbons (Fsp3) is 0.786. The lowest BCUT2D eigenvalue weighted by Crippen LogP contribution is -2.03. The Morgan fingerprint density at radius 3 is 1.34 bits per heavy atom. The minimum atomic E-state index is 1.10. The molecule has 2 nitrogen and oxygen atoms in total. The zero-order valence-corrected chi connectivity index (χ0v) is 29.8. The average molecular weight is 607 g/mol. The number of hydrogen-bond donors (Lipinski definition) is 0. The molecule has 1 heterocycles. The van der Waals surface area contributed by atoms with Crippen molar-refractivity contribution in [1.82, 2.24) is 9.55 Å². The van der Waals surface area contributed by atoms with Crippen LogP contribution in [-0.2, 0) is 25.8 Å². The second kappa shape index (κ2) is 28.9. The summed E-state index contributed by atoms with van der Waals surface area (Å²) in [6.45, 7) is 5.78. The molecule has 252 valence electrons. The molecular formula is C42H74N2. The van der Waals surface area contributed by atoms with Gasteiger partial charge in [-0.15, -0.1) is 0 Å². The Bertz CT molecular complexity index is 806. The van der Waals surface area contributed by atoms with Crippen LogP contribution in [0.3, 0.4) is 0 Å². The minimum Gasteiger partial charge on any atom is -0.335 e. The van der Waals surface area contributed by atoms with Crippen molar-refractivity contribution in [1.29, 1.82) is 0 Å². The Morgan fingerprint density at radius 1 is 0.432 bits per heavy atom. The maximum absolute atomic E-state index is 5.18. The van der Waals surface area contributed by atoms with Gasteiger partial charge >= 0.3 is 0 Å². The number of benzene rings is 1. The van der Waals surface area contributed by atoms with Gasteiger partial charge in [0, 0.05) is 19.2 Å². The fourth-order valence-electron chi connectivity index (χ4n) is 6.75. The van der Waals surface area contributed by atoms with E-state index in [1.165, 1.54) is 190 Å². The number of imidazole rings is 1. The molecule has 0 saturated carbocycles. The van der Waals surface area contributed by atoms with Gasteiger partial charge in [-0.3, -0.25) is 0 Å². The predicted molar refractivity (Wildman–Crippen MR) is 196 cm³/mol. The molecule has 0 bridgehead atoms. The van der Waals surface area contributed by atoms with Gasteiger partial charge in [0.2, 0.25) is 0 Å². The normalized spacial score (nSPS) is 11.5. The third-order valence-electron chi connectivity index (χ3n) is 9.66. The van der Waals surface area contributed by atoms with Gasteiger partial charge in [0.15, 0.2) is 0 Å². The molecule has 0 aliphatic rings. The molecule has 0 aliphatic carbocycles. The van der Waals surface area contributed by atoms with Crippen molar-refractivity contribution in [3.63, 3.8) is 0 Å². The fourth-order valence-corrected chi connectivity index (χ4v) is 6.75. The molecule has 0 fully saturated rings. The van der Waals surface area contributed by atoms with Crippen LogP contribution in [0.5, 0.6) is 0 Å². The summed E-state index contributed by atoms with van der Waals surface area (Å²) in [4.78, 5) is 5.18. The molecule has 1 aromatic carbocycles. The highest BCUT2D eigenvalue weighted by atomic mass is 15.1. The Hall–Kier alpha value is -1.57. The zero-order valence-electron chi connectivity index (χ0n) is 29.8. The Morgan fingerprint density at radius 2 is 0.864 bits per heavy atom. The molecule has 0 amide bonds. The van der Waals surface area contributed by atoms with Crippen LogP contribution in [0.1, 0.15) is 204 Å². The van der Waals surface area contributed by atoms with Gasteiger partial charge in [-0.2, -0.15) is 0 Å². The monoisotopic (exact) mass is 607 g/mol. The highest BCUT2D eigenvalue weighted by molar-refractivity contribution is 5.15. The maximum atomic E-state index is 5.18. The summed E-state index contributed by atoms with van der Waals surface area (Å²) in [6.07, 6.45) is 43.9. The summed E-state index contributed by atoms with van der Waals surface area (Å²) in [5.41, 5.74) is 2.77. The smallest absolute Gasteiger partial charge is 0.108 e. The lowest BCUT2D eigenvalue weighted by molar-refractivity contribution is 0.516. The molecule has 0 atom stereocenters. The molecule has 0 saturated heterocycles. The summed E-state index contributed by atoms with van der Waals surface area (Å²) in [5.74, 6) is 1.36. The van der Waals surface area contributed by atoms with E-state index in [0.717, 1.165) is 25.8 Å². The molecule has 2 aromatic rings. The first-order valence-electron chi connectivity index (χ1n) is 19.9. The van der Waals surface area contributed by atoms with E-state index in [2.05, 4.69) is 54.9 Å². The van der Waals surface area contributed by atoms with E-state index >= 15 is 0 Å². The van der Waals surface area contributed by atoms with E-state index in [1.807, 2.05) is 0 Å². The molecule has 0 aliphatic heterocycles. The summed E-state index contributed by atoms with van der Waals surface area (Å²) in [6, 6.07) is 11.0. The molecule has 0 unspecified atom stereocenters.